The lowest BCUT2D eigenvalue weighted by Crippen LogP contribution is -1.73. The normalized spacial score (nSPS) is 9.82. The van der Waals surface area contributed by atoms with Crippen molar-refractivity contribution in [3.63, 3.8) is 0 Å². The Kier molecular flexibility index (Phi) is 2.40. The molecule has 0 aliphatic heterocycles. The van der Waals surface area contributed by atoms with Crippen LogP contribution >= 0.6 is 0 Å². The molecule has 54 valence electrons. The first-order valence-corrected chi connectivity index (χ1v) is 3.14. The number of nitrogens with zero attached hydrogens (tertiary/aromatic N) is 1. The minimum atomic E-state index is -0.265. The summed E-state index contributed by atoms with van der Waals surface area (Å²) in [7, 11) is 0. The third kappa shape index (κ3) is 2.23. The summed E-state index contributed by atoms with van der Waals surface area (Å²) in [4.78, 5) is 0. The van der Waals surface area contributed by atoms with Crippen LogP contribution in [0.1, 0.15) is 5.56 Å². The van der Waals surface area contributed by atoms with Gasteiger partial charge in [-0.1, -0.05) is 12.1 Å². The molecule has 0 heterocycles. The zero-order valence-corrected chi connectivity index (χ0v) is 5.79. The van der Waals surface area contributed by atoms with Crippen molar-refractivity contribution in [1.29, 1.82) is 5.26 Å². The Labute approximate surface area is 64.4 Å². The lowest BCUT2D eigenvalue weighted by atomic mass is 10.2. The van der Waals surface area contributed by atoms with Crippen molar-refractivity contribution in [2.45, 2.75) is 0 Å². The molecule has 0 aromatic heterocycles. The highest BCUT2D eigenvalue weighted by molar-refractivity contribution is 5.51. The number of allylic oxidation sites excluding steroid dienone is 1. The predicted molar refractivity (Wildman–Crippen MR) is 41.0 cm³/mol. The van der Waals surface area contributed by atoms with Crippen molar-refractivity contribution in [3.05, 3.63) is 41.7 Å². The Morgan fingerprint density at radius 1 is 1.27 bits per heavy atom. The lowest BCUT2D eigenvalue weighted by molar-refractivity contribution is 0.628. The SMILES string of the molecule is N#C/C=C/c1ccc([18F])cc1. The maximum atomic E-state index is 12.3. The Morgan fingerprint density at radius 3 is 2.45 bits per heavy atom. The van der Waals surface area contributed by atoms with Crippen molar-refractivity contribution in [1.82, 2.24) is 0 Å². The highest BCUT2D eigenvalue weighted by Crippen LogP contribution is 2.03. The quantitative estimate of drug-likeness (QED) is 0.558. The highest BCUT2D eigenvalue weighted by Gasteiger charge is 1.86. The van der Waals surface area contributed by atoms with E-state index in [9.17, 15) is 4.39 Å². The summed E-state index contributed by atoms with van der Waals surface area (Å²) in [5.41, 5.74) is 0.827. The highest BCUT2D eigenvalue weighted by atomic mass is 18.2. The second kappa shape index (κ2) is 3.52. The maximum Gasteiger partial charge on any atom is 0.123 e. The van der Waals surface area contributed by atoms with E-state index in [0.29, 0.717) is 0 Å². The van der Waals surface area contributed by atoms with Crippen LogP contribution in [0.25, 0.3) is 6.08 Å². The van der Waals surface area contributed by atoms with Crippen LogP contribution in [0.5, 0.6) is 0 Å². The second-order valence-corrected chi connectivity index (χ2v) is 2.01. The second-order valence-electron chi connectivity index (χ2n) is 2.01. The number of rotatable bonds is 1. The minimum absolute atomic E-state index is 0.265. The fourth-order valence-electron chi connectivity index (χ4n) is 0.707. The third-order valence-electron chi connectivity index (χ3n) is 1.22. The fourth-order valence-corrected chi connectivity index (χ4v) is 0.707. The van der Waals surface area contributed by atoms with Gasteiger partial charge in [0.1, 0.15) is 5.82 Å². The molecule has 0 amide bonds. The maximum absolute atomic E-state index is 12.3. The van der Waals surface area contributed by atoms with Crippen molar-refractivity contribution < 1.29 is 4.39 Å². The summed E-state index contributed by atoms with van der Waals surface area (Å²) < 4.78 is 12.3. The molecule has 0 atom stereocenters. The predicted octanol–water partition coefficient (Wildman–Crippen LogP) is 2.36. The molecule has 1 aromatic rings. The molecule has 0 spiro atoms. The van der Waals surface area contributed by atoms with E-state index in [0.717, 1.165) is 5.56 Å². The average molecular weight is 146 g/mol. The van der Waals surface area contributed by atoms with Crippen LogP contribution in [0, 0.1) is 17.1 Å². The lowest BCUT2D eigenvalue weighted by Gasteiger charge is -1.89. The molecule has 0 saturated heterocycles. The molecule has 11 heavy (non-hydrogen) atoms. The number of nitriles is 1. The molecule has 1 rings (SSSR count). The Balaban J connectivity index is 2.84. The molecule has 0 aliphatic carbocycles. The van der Waals surface area contributed by atoms with Gasteiger partial charge in [-0.2, -0.15) is 5.26 Å². The zero-order valence-electron chi connectivity index (χ0n) is 5.79. The molecule has 2 heteroatoms. The van der Waals surface area contributed by atoms with Crippen LogP contribution in [-0.2, 0) is 0 Å². The molecule has 1 aromatic carbocycles. The molecule has 0 radical (unpaired) electrons. The third-order valence-corrected chi connectivity index (χ3v) is 1.22. The monoisotopic (exact) mass is 146 g/mol. The Bertz CT molecular complexity index is 292. The van der Waals surface area contributed by atoms with Gasteiger partial charge >= 0.3 is 0 Å². The van der Waals surface area contributed by atoms with Gasteiger partial charge in [0, 0.05) is 6.08 Å². The summed E-state index contributed by atoms with van der Waals surface area (Å²) in [6.07, 6.45) is 2.98. The van der Waals surface area contributed by atoms with E-state index in [1.807, 2.05) is 6.07 Å². The van der Waals surface area contributed by atoms with Crippen molar-refractivity contribution in [2.24, 2.45) is 0 Å². The standard InChI is InChI=1S/C9H6FN/c10-9-5-3-8(4-6-9)2-1-7-11/h1-6H/b2-1+/i10-1. The van der Waals surface area contributed by atoms with Crippen LogP contribution in [0.3, 0.4) is 0 Å². The summed E-state index contributed by atoms with van der Waals surface area (Å²) in [5, 5.41) is 8.17. The van der Waals surface area contributed by atoms with Gasteiger partial charge in [-0.05, 0) is 23.8 Å². The summed E-state index contributed by atoms with van der Waals surface area (Å²) >= 11 is 0. The number of hydrogen-bond donors (Lipinski definition) is 0. The molecule has 0 saturated carbocycles. The zero-order chi connectivity index (χ0) is 8.10. The number of halogens is 1. The van der Waals surface area contributed by atoms with Gasteiger partial charge < -0.3 is 0 Å². The van der Waals surface area contributed by atoms with Gasteiger partial charge in [0.25, 0.3) is 0 Å². The molecule has 0 fully saturated rings. The van der Waals surface area contributed by atoms with E-state index >= 15 is 0 Å². The average Bonchev–Trinajstić information content (AvgIpc) is 2.04. The molecule has 0 unspecified atom stereocenters. The fraction of sp³-hybridized carbons (Fsp3) is 0. The van der Waals surface area contributed by atoms with E-state index in [1.54, 1.807) is 18.2 Å². The Morgan fingerprint density at radius 2 is 1.91 bits per heavy atom. The van der Waals surface area contributed by atoms with Crippen LogP contribution in [0.4, 0.5) is 4.39 Å². The molecule has 0 aliphatic rings. The first-order chi connectivity index (χ1) is 5.33. The van der Waals surface area contributed by atoms with Gasteiger partial charge in [-0.15, -0.1) is 0 Å². The van der Waals surface area contributed by atoms with Crippen molar-refractivity contribution >= 4 is 6.08 Å². The summed E-state index contributed by atoms with van der Waals surface area (Å²) in [6.45, 7) is 0. The van der Waals surface area contributed by atoms with E-state index in [4.69, 9.17) is 5.26 Å². The molecule has 0 bridgehead atoms. The molecular formula is C9H6FN. The number of hydrogen-bond acceptors (Lipinski definition) is 1. The first-order valence-electron chi connectivity index (χ1n) is 3.14. The summed E-state index contributed by atoms with van der Waals surface area (Å²) in [5.74, 6) is -0.265. The van der Waals surface area contributed by atoms with E-state index in [1.165, 1.54) is 18.2 Å². The topological polar surface area (TPSA) is 23.8 Å². The van der Waals surface area contributed by atoms with E-state index in [2.05, 4.69) is 0 Å². The van der Waals surface area contributed by atoms with E-state index < -0.39 is 0 Å². The molecule has 0 N–H and O–H groups in total. The first kappa shape index (κ1) is 7.49. The minimum Gasteiger partial charge on any atom is -0.207 e. The van der Waals surface area contributed by atoms with Crippen LogP contribution in [0.15, 0.2) is 30.3 Å². The Hall–Kier alpha value is -1.62. The molecule has 1 nitrogen and oxygen atoms in total. The van der Waals surface area contributed by atoms with Gasteiger partial charge in [0.2, 0.25) is 0 Å². The van der Waals surface area contributed by atoms with Gasteiger partial charge in [0.05, 0.1) is 6.07 Å². The van der Waals surface area contributed by atoms with Crippen molar-refractivity contribution in [2.75, 3.05) is 0 Å². The largest absolute Gasteiger partial charge is 0.207 e. The van der Waals surface area contributed by atoms with E-state index in [-0.39, 0.29) is 5.82 Å². The van der Waals surface area contributed by atoms with Crippen LogP contribution in [-0.4, -0.2) is 0 Å². The van der Waals surface area contributed by atoms with Crippen LogP contribution < -0.4 is 0 Å². The smallest absolute Gasteiger partial charge is 0.123 e. The van der Waals surface area contributed by atoms with Gasteiger partial charge in [0.15, 0.2) is 0 Å². The molecular weight excluding hydrogens is 140 g/mol. The van der Waals surface area contributed by atoms with Gasteiger partial charge in [-0.3, -0.25) is 0 Å². The van der Waals surface area contributed by atoms with Crippen molar-refractivity contribution in [3.8, 4) is 6.07 Å². The van der Waals surface area contributed by atoms with Gasteiger partial charge in [-0.25, -0.2) is 4.39 Å². The summed E-state index contributed by atoms with van der Waals surface area (Å²) in [6, 6.07) is 7.80. The van der Waals surface area contributed by atoms with Crippen LogP contribution in [0.2, 0.25) is 0 Å². The number of benzene rings is 1.